The molecule has 0 fully saturated rings. The van der Waals surface area contributed by atoms with Crippen molar-refractivity contribution in [3.8, 4) is 16.9 Å². The van der Waals surface area contributed by atoms with E-state index in [1.807, 2.05) is 30.3 Å². The molecular weight excluding hydrogens is 260 g/mol. The van der Waals surface area contributed by atoms with E-state index in [0.29, 0.717) is 5.56 Å². The van der Waals surface area contributed by atoms with E-state index in [9.17, 15) is 14.1 Å². The maximum absolute atomic E-state index is 12.1. The molecule has 0 radical (unpaired) electrons. The first kappa shape index (κ1) is 13.5. The summed E-state index contributed by atoms with van der Waals surface area (Å²) in [4.78, 5) is 12.1. The highest BCUT2D eigenvalue weighted by molar-refractivity contribution is 7.85. The molecule has 2 rings (SSSR count). The number of rotatable bonds is 4. The van der Waals surface area contributed by atoms with Crippen molar-refractivity contribution >= 4 is 16.6 Å². The van der Waals surface area contributed by atoms with Crippen LogP contribution < -0.4 is 0 Å². The number of Topliss-reactive ketones (excluding diaryl/α,β-unsaturated/α-hetero) is 1. The molecule has 0 saturated carbocycles. The number of hydrogen-bond acceptors (Lipinski definition) is 3. The van der Waals surface area contributed by atoms with Gasteiger partial charge in [0.25, 0.3) is 0 Å². The van der Waals surface area contributed by atoms with Crippen molar-refractivity contribution in [3.63, 3.8) is 0 Å². The summed E-state index contributed by atoms with van der Waals surface area (Å²) >= 11 is 0. The second-order valence-electron chi connectivity index (χ2n) is 4.21. The van der Waals surface area contributed by atoms with Crippen LogP contribution in [0.3, 0.4) is 0 Å². The molecule has 0 heterocycles. The largest absolute Gasteiger partial charge is 0.507 e. The summed E-state index contributed by atoms with van der Waals surface area (Å²) < 4.78 is 11.2. The highest BCUT2D eigenvalue weighted by Crippen LogP contribution is 2.30. The predicted octanol–water partition coefficient (Wildman–Crippen LogP) is 2.62. The molecular formula is C15H14O3S. The quantitative estimate of drug-likeness (QED) is 0.872. The third-order valence-electron chi connectivity index (χ3n) is 2.74. The molecule has 2 aromatic rings. The number of phenols is 1. The fourth-order valence-corrected chi connectivity index (χ4v) is 2.46. The van der Waals surface area contributed by atoms with E-state index in [1.165, 1.54) is 12.3 Å². The Balaban J connectivity index is 2.54. The summed E-state index contributed by atoms with van der Waals surface area (Å²) in [7, 11) is -1.23. The number of ketones is 1. The lowest BCUT2D eigenvalue weighted by atomic mass is 9.97. The van der Waals surface area contributed by atoms with Gasteiger partial charge in [0.05, 0.1) is 11.3 Å². The van der Waals surface area contributed by atoms with E-state index in [-0.39, 0.29) is 22.8 Å². The zero-order chi connectivity index (χ0) is 13.8. The van der Waals surface area contributed by atoms with Crippen LogP contribution in [-0.4, -0.2) is 27.1 Å². The summed E-state index contributed by atoms with van der Waals surface area (Å²) in [6, 6.07) is 14.3. The molecule has 1 atom stereocenters. The van der Waals surface area contributed by atoms with Crippen molar-refractivity contribution in [2.45, 2.75) is 0 Å². The van der Waals surface area contributed by atoms with Crippen LogP contribution in [0.25, 0.3) is 11.1 Å². The Labute approximate surface area is 114 Å². The molecule has 0 aliphatic rings. The van der Waals surface area contributed by atoms with Gasteiger partial charge in [0.1, 0.15) is 5.75 Å². The molecule has 0 aliphatic carbocycles. The number of benzene rings is 2. The number of carbonyl (C=O) groups excluding carboxylic acids is 1. The number of hydrogen-bond donors (Lipinski definition) is 1. The van der Waals surface area contributed by atoms with Crippen LogP contribution >= 0.6 is 0 Å². The molecule has 1 N–H and O–H groups in total. The minimum atomic E-state index is -1.23. The lowest BCUT2D eigenvalue weighted by Crippen LogP contribution is -2.11. The Morgan fingerprint density at radius 3 is 2.42 bits per heavy atom. The van der Waals surface area contributed by atoms with Crippen LogP contribution in [0.5, 0.6) is 5.75 Å². The molecule has 0 saturated heterocycles. The van der Waals surface area contributed by atoms with Crippen molar-refractivity contribution in [2.24, 2.45) is 0 Å². The monoisotopic (exact) mass is 274 g/mol. The summed E-state index contributed by atoms with van der Waals surface area (Å²) in [5, 5.41) is 9.92. The molecule has 98 valence electrons. The van der Waals surface area contributed by atoms with E-state index < -0.39 is 10.8 Å². The van der Waals surface area contributed by atoms with E-state index in [4.69, 9.17) is 0 Å². The third-order valence-corrected chi connectivity index (χ3v) is 3.41. The number of phenolic OH excluding ortho intramolecular Hbond substituents is 1. The normalized spacial score (nSPS) is 12.1. The molecule has 3 nitrogen and oxygen atoms in total. The molecule has 19 heavy (non-hydrogen) atoms. The van der Waals surface area contributed by atoms with Gasteiger partial charge in [-0.1, -0.05) is 42.5 Å². The molecule has 0 spiro atoms. The fraction of sp³-hybridized carbons (Fsp3) is 0.133. The average molecular weight is 274 g/mol. The molecule has 0 amide bonds. The zero-order valence-electron chi connectivity index (χ0n) is 10.5. The highest BCUT2D eigenvalue weighted by Gasteiger charge is 2.18. The Kier molecular flexibility index (Phi) is 4.12. The third kappa shape index (κ3) is 3.09. The molecule has 2 aromatic carbocycles. The van der Waals surface area contributed by atoms with Crippen LogP contribution in [0.15, 0.2) is 48.5 Å². The minimum absolute atomic E-state index is 0.0724. The molecule has 0 aromatic heterocycles. The van der Waals surface area contributed by atoms with Crippen LogP contribution in [0, 0.1) is 0 Å². The first-order valence-electron chi connectivity index (χ1n) is 5.80. The molecule has 1 unspecified atom stereocenters. The van der Waals surface area contributed by atoms with Gasteiger partial charge in [-0.15, -0.1) is 0 Å². The second-order valence-corrected chi connectivity index (χ2v) is 5.64. The number of carbonyl (C=O) groups is 1. The van der Waals surface area contributed by atoms with Crippen molar-refractivity contribution in [1.82, 2.24) is 0 Å². The van der Waals surface area contributed by atoms with Crippen molar-refractivity contribution in [2.75, 3.05) is 12.0 Å². The topological polar surface area (TPSA) is 54.4 Å². The Morgan fingerprint density at radius 2 is 1.79 bits per heavy atom. The van der Waals surface area contributed by atoms with Gasteiger partial charge < -0.3 is 5.11 Å². The van der Waals surface area contributed by atoms with E-state index in [0.717, 1.165) is 5.56 Å². The second kappa shape index (κ2) is 5.80. The summed E-state index contributed by atoms with van der Waals surface area (Å²) in [6.07, 6.45) is 1.47. The van der Waals surface area contributed by atoms with Gasteiger partial charge in [-0.2, -0.15) is 0 Å². The highest BCUT2D eigenvalue weighted by atomic mass is 32.2. The smallest absolute Gasteiger partial charge is 0.179 e. The summed E-state index contributed by atoms with van der Waals surface area (Å²) in [5.41, 5.74) is 1.75. The van der Waals surface area contributed by atoms with Gasteiger partial charge in [-0.25, -0.2) is 0 Å². The maximum Gasteiger partial charge on any atom is 0.179 e. The molecule has 0 aliphatic heterocycles. The van der Waals surface area contributed by atoms with Gasteiger partial charge >= 0.3 is 0 Å². The van der Waals surface area contributed by atoms with Gasteiger partial charge in [-0.3, -0.25) is 9.00 Å². The van der Waals surface area contributed by atoms with E-state index in [1.54, 1.807) is 12.1 Å². The van der Waals surface area contributed by atoms with Gasteiger partial charge in [0, 0.05) is 17.1 Å². The lowest BCUT2D eigenvalue weighted by molar-refractivity contribution is 0.102. The van der Waals surface area contributed by atoms with Crippen molar-refractivity contribution in [1.29, 1.82) is 0 Å². The molecule has 4 heteroatoms. The van der Waals surface area contributed by atoms with Crippen LogP contribution in [0.1, 0.15) is 10.4 Å². The van der Waals surface area contributed by atoms with Gasteiger partial charge in [0.15, 0.2) is 5.78 Å². The van der Waals surface area contributed by atoms with Gasteiger partial charge in [0.2, 0.25) is 0 Å². The Hall–Kier alpha value is -1.94. The van der Waals surface area contributed by atoms with Gasteiger partial charge in [-0.05, 0) is 17.2 Å². The minimum Gasteiger partial charge on any atom is -0.507 e. The zero-order valence-corrected chi connectivity index (χ0v) is 11.3. The SMILES string of the molecule is CS(=O)CC(=O)c1c(O)cccc1-c1ccccc1. The summed E-state index contributed by atoms with van der Waals surface area (Å²) in [6.45, 7) is 0. The van der Waals surface area contributed by atoms with Crippen LogP contribution in [0.4, 0.5) is 0 Å². The number of aromatic hydroxyl groups is 1. The Morgan fingerprint density at radius 1 is 1.11 bits per heavy atom. The predicted molar refractivity (Wildman–Crippen MR) is 76.8 cm³/mol. The van der Waals surface area contributed by atoms with Crippen molar-refractivity contribution < 1.29 is 14.1 Å². The Bertz CT molecular complexity index is 621. The lowest BCUT2D eigenvalue weighted by Gasteiger charge is -2.10. The first-order chi connectivity index (χ1) is 9.09. The summed E-state index contributed by atoms with van der Waals surface area (Å²) in [5.74, 6) is -0.466. The maximum atomic E-state index is 12.1. The fourth-order valence-electron chi connectivity index (χ4n) is 1.95. The van der Waals surface area contributed by atoms with Crippen LogP contribution in [0.2, 0.25) is 0 Å². The van der Waals surface area contributed by atoms with Crippen molar-refractivity contribution in [3.05, 3.63) is 54.1 Å². The van der Waals surface area contributed by atoms with E-state index >= 15 is 0 Å². The van der Waals surface area contributed by atoms with Crippen LogP contribution in [-0.2, 0) is 10.8 Å². The standard InChI is InChI=1S/C15H14O3S/c1-19(18)10-14(17)15-12(8-5-9-13(15)16)11-6-3-2-4-7-11/h2-9,16H,10H2,1H3. The first-order valence-corrected chi connectivity index (χ1v) is 7.53. The molecule has 0 bridgehead atoms. The average Bonchev–Trinajstić information content (AvgIpc) is 2.38. The van der Waals surface area contributed by atoms with E-state index in [2.05, 4.69) is 0 Å².